The van der Waals surface area contributed by atoms with E-state index in [0.29, 0.717) is 29.8 Å². The topological polar surface area (TPSA) is 106 Å². The standard InChI is InChI=1S/C46H34N6/c1-31(2)38-13-9-10-36(29-49)46(38)51(25-8-7-24-47)43-14-5-3-11-39(43)34-19-17-33(18-20-34)35-21-23-42(37(27-35)30-50)52-44-15-6-4-12-40(44)41-26-32(28-48)16-22-45(41)52/h3-23,26-27H,1,24-25,47H2,2H3/b8-7-. The predicted octanol–water partition coefficient (Wildman–Crippen LogP) is 10.4. The summed E-state index contributed by atoms with van der Waals surface area (Å²) in [7, 11) is 0. The number of nitrogens with two attached hydrogens (primary N) is 1. The molecule has 1 heterocycles. The summed E-state index contributed by atoms with van der Waals surface area (Å²) >= 11 is 0. The third-order valence-corrected chi connectivity index (χ3v) is 9.36. The highest BCUT2D eigenvalue weighted by Gasteiger charge is 2.21. The number of aromatic nitrogens is 1. The molecule has 7 rings (SSSR count). The van der Waals surface area contributed by atoms with Crippen LogP contribution in [0.1, 0.15) is 29.2 Å². The minimum atomic E-state index is 0.417. The van der Waals surface area contributed by atoms with Gasteiger partial charge in [0.25, 0.3) is 0 Å². The monoisotopic (exact) mass is 670 g/mol. The van der Waals surface area contributed by atoms with Crippen molar-refractivity contribution >= 4 is 38.8 Å². The summed E-state index contributed by atoms with van der Waals surface area (Å²) in [5.74, 6) is 0. The van der Waals surface area contributed by atoms with Gasteiger partial charge in [-0.25, -0.2) is 0 Å². The van der Waals surface area contributed by atoms with E-state index in [9.17, 15) is 15.8 Å². The molecule has 248 valence electrons. The van der Waals surface area contributed by atoms with Crippen molar-refractivity contribution < 1.29 is 0 Å². The zero-order valence-electron chi connectivity index (χ0n) is 28.7. The number of benzene rings is 6. The highest BCUT2D eigenvalue weighted by Crippen LogP contribution is 2.41. The molecule has 0 amide bonds. The first-order valence-electron chi connectivity index (χ1n) is 17.0. The average molecular weight is 671 g/mol. The summed E-state index contributed by atoms with van der Waals surface area (Å²) in [6, 6.07) is 49.1. The van der Waals surface area contributed by atoms with Gasteiger partial charge in [0, 0.05) is 40.7 Å². The number of fused-ring (bicyclic) bond motifs is 3. The van der Waals surface area contributed by atoms with Crippen molar-refractivity contribution in [2.24, 2.45) is 5.73 Å². The van der Waals surface area contributed by atoms with Gasteiger partial charge in [0.15, 0.2) is 0 Å². The number of nitrogens with zero attached hydrogens (tertiary/aromatic N) is 5. The summed E-state index contributed by atoms with van der Waals surface area (Å²) in [6.07, 6.45) is 3.95. The van der Waals surface area contributed by atoms with Crippen LogP contribution in [-0.2, 0) is 0 Å². The molecule has 0 saturated carbocycles. The van der Waals surface area contributed by atoms with Crippen LogP contribution < -0.4 is 10.6 Å². The van der Waals surface area contributed by atoms with Crippen LogP contribution >= 0.6 is 0 Å². The van der Waals surface area contributed by atoms with Gasteiger partial charge in [-0.15, -0.1) is 0 Å². The third-order valence-electron chi connectivity index (χ3n) is 9.36. The van der Waals surface area contributed by atoms with Gasteiger partial charge in [-0.05, 0) is 77.7 Å². The Bertz CT molecular complexity index is 2660. The van der Waals surface area contributed by atoms with Crippen LogP contribution in [0.25, 0.3) is 55.3 Å². The van der Waals surface area contributed by atoms with Crippen molar-refractivity contribution in [3.8, 4) is 46.1 Å². The molecule has 0 atom stereocenters. The molecular formula is C46H34N6. The van der Waals surface area contributed by atoms with Crippen molar-refractivity contribution in [2.75, 3.05) is 18.0 Å². The summed E-state index contributed by atoms with van der Waals surface area (Å²) in [5.41, 5.74) is 17.7. The number of allylic oxidation sites excluding steroid dienone is 1. The second-order valence-corrected chi connectivity index (χ2v) is 12.5. The van der Waals surface area contributed by atoms with Crippen LogP contribution in [0.4, 0.5) is 11.4 Å². The van der Waals surface area contributed by atoms with E-state index in [2.05, 4.69) is 70.7 Å². The number of hydrogen-bond acceptors (Lipinski definition) is 5. The zero-order valence-corrected chi connectivity index (χ0v) is 28.7. The quantitative estimate of drug-likeness (QED) is 0.154. The lowest BCUT2D eigenvalue weighted by molar-refractivity contribution is 1.08. The Labute approximate surface area is 303 Å². The lowest BCUT2D eigenvalue weighted by atomic mass is 9.96. The molecule has 6 aromatic carbocycles. The molecule has 0 aliphatic carbocycles. The number of hydrogen-bond donors (Lipinski definition) is 1. The molecule has 0 unspecified atom stereocenters. The van der Waals surface area contributed by atoms with Gasteiger partial charge in [0.1, 0.15) is 12.1 Å². The molecule has 0 spiro atoms. The van der Waals surface area contributed by atoms with Gasteiger partial charge in [0.2, 0.25) is 0 Å². The predicted molar refractivity (Wildman–Crippen MR) is 212 cm³/mol. The van der Waals surface area contributed by atoms with Gasteiger partial charge in [-0.2, -0.15) is 15.8 Å². The highest BCUT2D eigenvalue weighted by atomic mass is 15.1. The zero-order chi connectivity index (χ0) is 36.2. The summed E-state index contributed by atoms with van der Waals surface area (Å²) in [6.45, 7) is 7.10. The number of para-hydroxylation sites is 3. The molecule has 0 radical (unpaired) electrons. The minimum Gasteiger partial charge on any atom is -0.336 e. The van der Waals surface area contributed by atoms with Gasteiger partial charge >= 0.3 is 0 Å². The molecule has 2 N–H and O–H groups in total. The lowest BCUT2D eigenvalue weighted by Crippen LogP contribution is -2.20. The van der Waals surface area contributed by atoms with Crippen molar-refractivity contribution in [1.82, 2.24) is 4.57 Å². The van der Waals surface area contributed by atoms with Gasteiger partial charge in [0.05, 0.1) is 45.2 Å². The SMILES string of the molecule is C=C(C)c1cccc(C#N)c1N(C/C=C\CN)c1ccccc1-c1ccc(-c2ccc(-n3c4ccccc4c4cc(C#N)ccc43)c(C#N)c2)cc1. The molecule has 0 fully saturated rings. The third kappa shape index (κ3) is 5.99. The normalized spacial score (nSPS) is 11.0. The second-order valence-electron chi connectivity index (χ2n) is 12.5. The van der Waals surface area contributed by atoms with E-state index in [1.54, 1.807) is 0 Å². The maximum absolute atomic E-state index is 10.4. The van der Waals surface area contributed by atoms with Crippen LogP contribution in [0.5, 0.6) is 0 Å². The van der Waals surface area contributed by atoms with Crippen LogP contribution in [0.15, 0.2) is 146 Å². The Kier molecular flexibility index (Phi) is 9.20. The molecule has 1 aromatic heterocycles. The Balaban J connectivity index is 1.29. The Hall–Kier alpha value is -7.17. The second kappa shape index (κ2) is 14.4. The Morgan fingerprint density at radius 1 is 0.692 bits per heavy atom. The molecule has 6 nitrogen and oxygen atoms in total. The van der Waals surface area contributed by atoms with E-state index in [0.717, 1.165) is 72.3 Å². The summed E-state index contributed by atoms with van der Waals surface area (Å²) < 4.78 is 2.10. The molecule has 0 aliphatic rings. The Morgan fingerprint density at radius 3 is 2.15 bits per heavy atom. The Morgan fingerprint density at radius 2 is 1.40 bits per heavy atom. The summed E-state index contributed by atoms with van der Waals surface area (Å²) in [4.78, 5) is 2.16. The fourth-order valence-electron chi connectivity index (χ4n) is 6.95. The minimum absolute atomic E-state index is 0.417. The molecule has 6 heteroatoms. The maximum atomic E-state index is 10.4. The first kappa shape index (κ1) is 33.3. The molecule has 0 bridgehead atoms. The van der Waals surface area contributed by atoms with Crippen LogP contribution in [0.3, 0.4) is 0 Å². The number of anilines is 2. The van der Waals surface area contributed by atoms with Gasteiger partial charge in [-0.1, -0.05) is 97.6 Å². The molecular weight excluding hydrogens is 637 g/mol. The number of nitriles is 3. The fraction of sp³-hybridized carbons (Fsp3) is 0.0652. The van der Waals surface area contributed by atoms with Crippen LogP contribution in [0.2, 0.25) is 0 Å². The van der Waals surface area contributed by atoms with Gasteiger partial charge in [-0.3, -0.25) is 0 Å². The van der Waals surface area contributed by atoms with E-state index in [1.807, 2.05) is 110 Å². The van der Waals surface area contributed by atoms with E-state index < -0.39 is 0 Å². The van der Waals surface area contributed by atoms with Crippen molar-refractivity contribution in [1.29, 1.82) is 15.8 Å². The van der Waals surface area contributed by atoms with Gasteiger partial charge < -0.3 is 15.2 Å². The molecule has 7 aromatic rings. The average Bonchev–Trinajstić information content (AvgIpc) is 3.52. The smallest absolute Gasteiger partial charge is 0.101 e. The first-order chi connectivity index (χ1) is 25.5. The van der Waals surface area contributed by atoms with Crippen molar-refractivity contribution in [3.63, 3.8) is 0 Å². The molecule has 52 heavy (non-hydrogen) atoms. The van der Waals surface area contributed by atoms with E-state index in [1.165, 1.54) is 0 Å². The fourth-order valence-corrected chi connectivity index (χ4v) is 6.95. The van der Waals surface area contributed by atoms with Crippen molar-refractivity contribution in [2.45, 2.75) is 6.92 Å². The van der Waals surface area contributed by atoms with Crippen molar-refractivity contribution in [3.05, 3.63) is 168 Å². The van der Waals surface area contributed by atoms with E-state index in [-0.39, 0.29) is 0 Å². The van der Waals surface area contributed by atoms with E-state index >= 15 is 0 Å². The largest absolute Gasteiger partial charge is 0.336 e. The van der Waals surface area contributed by atoms with Crippen LogP contribution in [0, 0.1) is 34.0 Å². The van der Waals surface area contributed by atoms with E-state index in [4.69, 9.17) is 5.73 Å². The van der Waals surface area contributed by atoms with Crippen LogP contribution in [-0.4, -0.2) is 17.7 Å². The molecule has 0 saturated heterocycles. The highest BCUT2D eigenvalue weighted by molar-refractivity contribution is 6.09. The number of rotatable bonds is 9. The summed E-state index contributed by atoms with van der Waals surface area (Å²) in [5, 5.41) is 32.1. The maximum Gasteiger partial charge on any atom is 0.101 e. The first-order valence-corrected chi connectivity index (χ1v) is 17.0. The lowest BCUT2D eigenvalue weighted by Gasteiger charge is -2.29. The molecule has 0 aliphatic heterocycles.